The van der Waals surface area contributed by atoms with Crippen LogP contribution in [0.2, 0.25) is 0 Å². The Bertz CT molecular complexity index is 1350. The van der Waals surface area contributed by atoms with Crippen molar-refractivity contribution in [2.45, 2.75) is 19.4 Å². The van der Waals surface area contributed by atoms with Gasteiger partial charge in [0.05, 0.1) is 36.2 Å². The fourth-order valence-corrected chi connectivity index (χ4v) is 5.08. The van der Waals surface area contributed by atoms with Crippen molar-refractivity contribution in [3.63, 3.8) is 0 Å². The molecular weight excluding hydrogens is 497 g/mol. The molecule has 2 aromatic carbocycles. The molecule has 204 valence electrons. The number of hydrazone groups is 1. The van der Waals surface area contributed by atoms with Crippen LogP contribution in [0.4, 0.5) is 4.39 Å². The Morgan fingerprint density at radius 3 is 2.49 bits per heavy atom. The molecule has 0 spiro atoms. The molecule has 0 aliphatic carbocycles. The van der Waals surface area contributed by atoms with Gasteiger partial charge in [-0.25, -0.2) is 9.40 Å². The minimum atomic E-state index is -0.603. The second kappa shape index (κ2) is 11.9. The van der Waals surface area contributed by atoms with Gasteiger partial charge in [0.1, 0.15) is 12.4 Å². The highest BCUT2D eigenvalue weighted by Gasteiger charge is 2.35. The lowest BCUT2D eigenvalue weighted by Crippen LogP contribution is -2.46. The molecule has 2 aliphatic rings. The van der Waals surface area contributed by atoms with E-state index in [1.54, 1.807) is 12.1 Å². The maximum Gasteiger partial charge on any atom is 0.262 e. The standard InChI is InChI=1S/C30H34FN5O3/c1-22-9-11-23(12-10-22)28-20-26(27-8-5-13-33(27)2)32-36(28)29(37)21-35(15-14-34-16-18-39-19-17-34)30(38)24-6-3-4-7-25(24)31/h3-13,28H,14-21H2,1-2H3/t28-/m1/s1. The van der Waals surface area contributed by atoms with Gasteiger partial charge in [-0.3, -0.25) is 14.5 Å². The Hall–Kier alpha value is -3.82. The molecule has 0 unspecified atom stereocenters. The summed E-state index contributed by atoms with van der Waals surface area (Å²) >= 11 is 0. The topological polar surface area (TPSA) is 70.4 Å². The number of carbonyl (C=O) groups is 2. The van der Waals surface area contributed by atoms with Crippen molar-refractivity contribution >= 4 is 17.5 Å². The third-order valence-corrected chi connectivity index (χ3v) is 7.37. The van der Waals surface area contributed by atoms with Crippen LogP contribution in [0.1, 0.15) is 39.6 Å². The van der Waals surface area contributed by atoms with E-state index in [2.05, 4.69) is 4.90 Å². The van der Waals surface area contributed by atoms with E-state index in [4.69, 9.17) is 9.84 Å². The molecule has 0 bridgehead atoms. The van der Waals surface area contributed by atoms with Gasteiger partial charge in [-0.05, 0) is 36.8 Å². The van der Waals surface area contributed by atoms with Crippen LogP contribution in [0.5, 0.6) is 0 Å². The summed E-state index contributed by atoms with van der Waals surface area (Å²) in [6.45, 7) is 5.43. The van der Waals surface area contributed by atoms with Gasteiger partial charge in [0.15, 0.2) is 0 Å². The molecule has 3 heterocycles. The van der Waals surface area contributed by atoms with E-state index in [1.165, 1.54) is 22.0 Å². The lowest BCUT2D eigenvalue weighted by molar-refractivity contribution is -0.133. The zero-order chi connectivity index (χ0) is 27.4. The molecule has 39 heavy (non-hydrogen) atoms. The molecule has 3 aromatic rings. The van der Waals surface area contributed by atoms with E-state index in [0.29, 0.717) is 26.2 Å². The van der Waals surface area contributed by atoms with Crippen molar-refractivity contribution in [3.8, 4) is 0 Å². The molecule has 8 nitrogen and oxygen atoms in total. The largest absolute Gasteiger partial charge is 0.379 e. The lowest BCUT2D eigenvalue weighted by atomic mass is 9.99. The first-order valence-electron chi connectivity index (χ1n) is 13.3. The molecule has 9 heteroatoms. The number of hydrogen-bond donors (Lipinski definition) is 0. The number of carbonyl (C=O) groups excluding carboxylic acids is 2. The maximum atomic E-state index is 14.6. The Balaban J connectivity index is 1.41. The van der Waals surface area contributed by atoms with Crippen molar-refractivity contribution in [2.24, 2.45) is 12.1 Å². The van der Waals surface area contributed by atoms with Crippen LogP contribution < -0.4 is 0 Å². The molecular formula is C30H34FN5O3. The van der Waals surface area contributed by atoms with Crippen molar-refractivity contribution in [2.75, 3.05) is 45.9 Å². The number of ether oxygens (including phenoxy) is 1. The zero-order valence-electron chi connectivity index (χ0n) is 22.4. The molecule has 2 amide bonds. The highest BCUT2D eigenvalue weighted by atomic mass is 19.1. The van der Waals surface area contributed by atoms with E-state index in [0.717, 1.165) is 35.6 Å². The number of hydrogen-bond acceptors (Lipinski definition) is 5. The van der Waals surface area contributed by atoms with Crippen molar-refractivity contribution < 1.29 is 18.7 Å². The summed E-state index contributed by atoms with van der Waals surface area (Å²) in [5.41, 5.74) is 3.80. The fourth-order valence-electron chi connectivity index (χ4n) is 5.08. The minimum Gasteiger partial charge on any atom is -0.379 e. The monoisotopic (exact) mass is 531 g/mol. The average molecular weight is 532 g/mol. The van der Waals surface area contributed by atoms with Gasteiger partial charge < -0.3 is 14.2 Å². The first-order chi connectivity index (χ1) is 18.9. The Kier molecular flexibility index (Phi) is 8.18. The number of rotatable bonds is 8. The van der Waals surface area contributed by atoms with Gasteiger partial charge in [0.25, 0.3) is 11.8 Å². The molecule has 1 aromatic heterocycles. The first-order valence-corrected chi connectivity index (χ1v) is 13.3. The van der Waals surface area contributed by atoms with Gasteiger partial charge in [-0.1, -0.05) is 42.0 Å². The summed E-state index contributed by atoms with van der Waals surface area (Å²) in [5.74, 6) is -1.42. The van der Waals surface area contributed by atoms with Crippen LogP contribution in [0, 0.1) is 12.7 Å². The predicted octanol–water partition coefficient (Wildman–Crippen LogP) is 3.62. The number of aromatic nitrogens is 1. The summed E-state index contributed by atoms with van der Waals surface area (Å²) in [4.78, 5) is 31.0. The Morgan fingerprint density at radius 1 is 1.05 bits per heavy atom. The van der Waals surface area contributed by atoms with Gasteiger partial charge in [0.2, 0.25) is 0 Å². The van der Waals surface area contributed by atoms with E-state index < -0.39 is 11.7 Å². The highest BCUT2D eigenvalue weighted by Crippen LogP contribution is 2.33. The molecule has 1 atom stereocenters. The summed E-state index contributed by atoms with van der Waals surface area (Å²) in [6, 6.07) is 17.6. The van der Waals surface area contributed by atoms with E-state index in [1.807, 2.05) is 61.1 Å². The third-order valence-electron chi connectivity index (χ3n) is 7.37. The summed E-state index contributed by atoms with van der Waals surface area (Å²) in [5, 5.41) is 6.27. The van der Waals surface area contributed by atoms with E-state index >= 15 is 0 Å². The van der Waals surface area contributed by atoms with Crippen LogP contribution >= 0.6 is 0 Å². The highest BCUT2D eigenvalue weighted by molar-refractivity contribution is 6.02. The lowest BCUT2D eigenvalue weighted by Gasteiger charge is -2.31. The van der Waals surface area contributed by atoms with Crippen molar-refractivity contribution in [3.05, 3.63) is 95.1 Å². The molecule has 5 rings (SSSR count). The zero-order valence-corrected chi connectivity index (χ0v) is 22.4. The summed E-state index contributed by atoms with van der Waals surface area (Å²) < 4.78 is 22.0. The third kappa shape index (κ3) is 6.10. The second-order valence-electron chi connectivity index (χ2n) is 10.1. The number of morpholine rings is 1. The first kappa shape index (κ1) is 26.8. The molecule has 0 saturated carbocycles. The summed E-state index contributed by atoms with van der Waals surface area (Å²) in [7, 11) is 1.95. The number of halogens is 1. The fraction of sp³-hybridized carbons (Fsp3) is 0.367. The Labute approximate surface area is 228 Å². The van der Waals surface area contributed by atoms with Gasteiger partial charge in [-0.15, -0.1) is 0 Å². The predicted molar refractivity (Wildman–Crippen MR) is 147 cm³/mol. The van der Waals surface area contributed by atoms with Crippen LogP contribution in [0.25, 0.3) is 0 Å². The second-order valence-corrected chi connectivity index (χ2v) is 10.1. The smallest absolute Gasteiger partial charge is 0.262 e. The number of nitrogens with zero attached hydrogens (tertiary/aromatic N) is 5. The molecule has 0 N–H and O–H groups in total. The van der Waals surface area contributed by atoms with Crippen molar-refractivity contribution in [1.29, 1.82) is 0 Å². The number of benzene rings is 2. The average Bonchev–Trinajstić information content (AvgIpc) is 3.58. The van der Waals surface area contributed by atoms with E-state index in [9.17, 15) is 14.0 Å². The SMILES string of the molecule is Cc1ccc([C@H]2CC(c3cccn3C)=NN2C(=O)CN(CCN2CCOCC2)C(=O)c2ccccc2F)cc1. The van der Waals surface area contributed by atoms with Gasteiger partial charge in [-0.2, -0.15) is 5.10 Å². The molecule has 1 saturated heterocycles. The normalized spacial score (nSPS) is 17.8. The van der Waals surface area contributed by atoms with Gasteiger partial charge in [0, 0.05) is 45.8 Å². The maximum absolute atomic E-state index is 14.6. The molecule has 2 aliphatic heterocycles. The van der Waals surface area contributed by atoms with Crippen LogP contribution in [0.3, 0.4) is 0 Å². The number of aryl methyl sites for hydroxylation is 2. The summed E-state index contributed by atoms with van der Waals surface area (Å²) in [6.07, 6.45) is 2.51. The van der Waals surface area contributed by atoms with Crippen LogP contribution in [-0.2, 0) is 16.6 Å². The minimum absolute atomic E-state index is 0.0446. The molecule has 0 radical (unpaired) electrons. The quantitative estimate of drug-likeness (QED) is 0.445. The van der Waals surface area contributed by atoms with E-state index in [-0.39, 0.29) is 30.6 Å². The Morgan fingerprint density at radius 2 is 1.79 bits per heavy atom. The number of amides is 2. The van der Waals surface area contributed by atoms with Crippen LogP contribution in [-0.4, -0.2) is 82.8 Å². The van der Waals surface area contributed by atoms with Gasteiger partial charge >= 0.3 is 0 Å². The van der Waals surface area contributed by atoms with Crippen LogP contribution in [0.15, 0.2) is 72.0 Å². The molecule has 1 fully saturated rings. The van der Waals surface area contributed by atoms with Crippen molar-refractivity contribution in [1.82, 2.24) is 19.4 Å².